The van der Waals surface area contributed by atoms with Gasteiger partial charge >= 0.3 is 0 Å². The van der Waals surface area contributed by atoms with E-state index in [4.69, 9.17) is 14.2 Å². The van der Waals surface area contributed by atoms with Gasteiger partial charge in [-0.05, 0) is 48.9 Å². The molecular weight excluding hydrogens is 388 g/mol. The molecule has 0 saturated carbocycles. The van der Waals surface area contributed by atoms with Crippen LogP contribution in [0.3, 0.4) is 0 Å². The first kappa shape index (κ1) is 21.2. The van der Waals surface area contributed by atoms with Crippen LogP contribution >= 0.6 is 0 Å². The van der Waals surface area contributed by atoms with Crippen molar-refractivity contribution in [2.24, 2.45) is 0 Å². The van der Waals surface area contributed by atoms with Crippen LogP contribution in [0.4, 0.5) is 0 Å². The molecule has 4 rings (SSSR count). The Kier molecular flexibility index (Phi) is 7.07. The number of rotatable bonds is 7. The van der Waals surface area contributed by atoms with Gasteiger partial charge in [0.1, 0.15) is 11.5 Å². The molecule has 1 saturated heterocycles. The zero-order chi connectivity index (χ0) is 21.5. The molecule has 0 amide bonds. The number of hydrogen-bond donors (Lipinski definition) is 1. The number of nitrogens with one attached hydrogen (secondary N) is 1. The van der Waals surface area contributed by atoms with Gasteiger partial charge in [-0.25, -0.2) is 0 Å². The first-order chi connectivity index (χ1) is 15.3. The normalized spacial score (nSPS) is 15.7. The highest BCUT2D eigenvalue weighted by Crippen LogP contribution is 2.41. The standard InChI is InChI=1S/C26H30N2O3/c1-29-24-14-7-13-23(26(24)30-2)25(28-17-8-15-27-16-18-28)20-9-6-12-22(19-20)31-21-10-4-3-5-11-21/h3-7,9-14,19,25,27H,8,15-18H2,1-2H3. The summed E-state index contributed by atoms with van der Waals surface area (Å²) in [4.78, 5) is 2.51. The third-order valence-electron chi connectivity index (χ3n) is 5.62. The summed E-state index contributed by atoms with van der Waals surface area (Å²) < 4.78 is 17.5. The van der Waals surface area contributed by atoms with E-state index in [0.717, 1.165) is 61.2 Å². The molecule has 0 radical (unpaired) electrons. The minimum Gasteiger partial charge on any atom is -0.493 e. The molecule has 162 valence electrons. The summed E-state index contributed by atoms with van der Waals surface area (Å²) in [5, 5.41) is 3.51. The van der Waals surface area contributed by atoms with Crippen molar-refractivity contribution in [1.29, 1.82) is 0 Å². The Labute approximate surface area is 184 Å². The number of para-hydroxylation sites is 2. The van der Waals surface area contributed by atoms with Gasteiger partial charge in [0.25, 0.3) is 0 Å². The topological polar surface area (TPSA) is 43.0 Å². The van der Waals surface area contributed by atoms with E-state index in [-0.39, 0.29) is 6.04 Å². The molecule has 1 heterocycles. The third-order valence-corrected chi connectivity index (χ3v) is 5.62. The molecule has 31 heavy (non-hydrogen) atoms. The molecule has 5 nitrogen and oxygen atoms in total. The van der Waals surface area contributed by atoms with E-state index in [1.165, 1.54) is 5.56 Å². The molecule has 0 spiro atoms. The average molecular weight is 419 g/mol. The van der Waals surface area contributed by atoms with Crippen molar-refractivity contribution in [3.63, 3.8) is 0 Å². The molecule has 3 aromatic carbocycles. The second kappa shape index (κ2) is 10.3. The van der Waals surface area contributed by atoms with Gasteiger partial charge in [-0.1, -0.05) is 42.5 Å². The predicted molar refractivity (Wildman–Crippen MR) is 123 cm³/mol. The molecule has 3 aromatic rings. The van der Waals surface area contributed by atoms with E-state index in [1.54, 1.807) is 14.2 Å². The van der Waals surface area contributed by atoms with Crippen LogP contribution in [0.15, 0.2) is 72.8 Å². The molecule has 1 N–H and O–H groups in total. The highest BCUT2D eigenvalue weighted by Gasteiger charge is 2.27. The molecule has 0 aromatic heterocycles. The lowest BCUT2D eigenvalue weighted by atomic mass is 9.95. The number of ether oxygens (including phenoxy) is 3. The number of hydrogen-bond acceptors (Lipinski definition) is 5. The highest BCUT2D eigenvalue weighted by molar-refractivity contribution is 5.51. The van der Waals surface area contributed by atoms with E-state index in [1.807, 2.05) is 48.5 Å². The Balaban J connectivity index is 1.76. The fourth-order valence-corrected chi connectivity index (χ4v) is 4.21. The summed E-state index contributed by atoms with van der Waals surface area (Å²) in [6.45, 7) is 3.95. The van der Waals surface area contributed by atoms with Crippen molar-refractivity contribution in [2.45, 2.75) is 12.5 Å². The van der Waals surface area contributed by atoms with E-state index >= 15 is 0 Å². The van der Waals surface area contributed by atoms with Crippen molar-refractivity contribution < 1.29 is 14.2 Å². The van der Waals surface area contributed by atoms with Gasteiger partial charge in [-0.3, -0.25) is 4.90 Å². The minimum absolute atomic E-state index is 0.0317. The second-order valence-electron chi connectivity index (χ2n) is 7.61. The predicted octanol–water partition coefficient (Wildman–Crippen LogP) is 4.88. The third kappa shape index (κ3) is 5.01. The highest BCUT2D eigenvalue weighted by atomic mass is 16.5. The van der Waals surface area contributed by atoms with Gasteiger partial charge < -0.3 is 19.5 Å². The Morgan fingerprint density at radius 3 is 2.42 bits per heavy atom. The maximum Gasteiger partial charge on any atom is 0.165 e. The maximum absolute atomic E-state index is 6.13. The lowest BCUT2D eigenvalue weighted by Crippen LogP contribution is -2.33. The van der Waals surface area contributed by atoms with Crippen LogP contribution in [0.1, 0.15) is 23.6 Å². The van der Waals surface area contributed by atoms with Crippen LogP contribution < -0.4 is 19.5 Å². The lowest BCUT2D eigenvalue weighted by molar-refractivity contribution is 0.234. The number of nitrogens with zero attached hydrogens (tertiary/aromatic N) is 1. The molecule has 0 bridgehead atoms. The molecule has 1 aliphatic heterocycles. The van der Waals surface area contributed by atoms with Crippen LogP contribution in [0.25, 0.3) is 0 Å². The summed E-state index contributed by atoms with van der Waals surface area (Å²) in [7, 11) is 3.39. The van der Waals surface area contributed by atoms with Crippen molar-refractivity contribution >= 4 is 0 Å². The van der Waals surface area contributed by atoms with Crippen LogP contribution in [-0.2, 0) is 0 Å². The Bertz CT molecular complexity index is 969. The zero-order valence-corrected chi connectivity index (χ0v) is 18.2. The van der Waals surface area contributed by atoms with Crippen molar-refractivity contribution in [2.75, 3.05) is 40.4 Å². The van der Waals surface area contributed by atoms with Gasteiger partial charge in [-0.2, -0.15) is 0 Å². The van der Waals surface area contributed by atoms with Crippen LogP contribution in [0, 0.1) is 0 Å². The van der Waals surface area contributed by atoms with Gasteiger partial charge in [0.15, 0.2) is 11.5 Å². The maximum atomic E-state index is 6.13. The SMILES string of the molecule is COc1cccc(C(c2cccc(Oc3ccccc3)c2)N2CCCNCC2)c1OC. The second-order valence-corrected chi connectivity index (χ2v) is 7.61. The van der Waals surface area contributed by atoms with Crippen LogP contribution in [0.5, 0.6) is 23.0 Å². The van der Waals surface area contributed by atoms with Crippen molar-refractivity contribution in [3.05, 3.63) is 83.9 Å². The van der Waals surface area contributed by atoms with Gasteiger partial charge in [-0.15, -0.1) is 0 Å². The summed E-state index contributed by atoms with van der Waals surface area (Å²) in [6, 6.07) is 24.4. The molecular formula is C26H30N2O3. The van der Waals surface area contributed by atoms with Crippen molar-refractivity contribution in [3.8, 4) is 23.0 Å². The fraction of sp³-hybridized carbons (Fsp3) is 0.308. The molecule has 1 aliphatic rings. The van der Waals surface area contributed by atoms with E-state index in [9.17, 15) is 0 Å². The van der Waals surface area contributed by atoms with Gasteiger partial charge in [0.2, 0.25) is 0 Å². The number of benzene rings is 3. The zero-order valence-electron chi connectivity index (χ0n) is 18.2. The lowest BCUT2D eigenvalue weighted by Gasteiger charge is -2.32. The Morgan fingerprint density at radius 2 is 1.61 bits per heavy atom. The molecule has 5 heteroatoms. The largest absolute Gasteiger partial charge is 0.493 e. The fourth-order valence-electron chi connectivity index (χ4n) is 4.21. The van der Waals surface area contributed by atoms with E-state index in [0.29, 0.717) is 0 Å². The Hall–Kier alpha value is -3.02. The molecule has 1 unspecified atom stereocenters. The van der Waals surface area contributed by atoms with Crippen LogP contribution in [-0.4, -0.2) is 45.3 Å². The first-order valence-electron chi connectivity index (χ1n) is 10.8. The Morgan fingerprint density at radius 1 is 0.806 bits per heavy atom. The summed E-state index contributed by atoms with van der Waals surface area (Å²) in [6.07, 6.45) is 1.10. The van der Waals surface area contributed by atoms with E-state index < -0.39 is 0 Å². The molecule has 1 atom stereocenters. The average Bonchev–Trinajstić information content (AvgIpc) is 3.09. The molecule has 0 aliphatic carbocycles. The summed E-state index contributed by atoms with van der Waals surface area (Å²) in [5.41, 5.74) is 2.27. The minimum atomic E-state index is 0.0317. The smallest absolute Gasteiger partial charge is 0.165 e. The quantitative estimate of drug-likeness (QED) is 0.592. The monoisotopic (exact) mass is 418 g/mol. The van der Waals surface area contributed by atoms with Gasteiger partial charge in [0, 0.05) is 25.2 Å². The summed E-state index contributed by atoms with van der Waals surface area (Å²) in [5.74, 6) is 3.17. The van der Waals surface area contributed by atoms with E-state index in [2.05, 4.69) is 34.5 Å². The molecule has 1 fully saturated rings. The van der Waals surface area contributed by atoms with Crippen molar-refractivity contribution in [1.82, 2.24) is 10.2 Å². The van der Waals surface area contributed by atoms with Crippen LogP contribution in [0.2, 0.25) is 0 Å². The first-order valence-corrected chi connectivity index (χ1v) is 10.8. The summed E-state index contributed by atoms with van der Waals surface area (Å²) >= 11 is 0. The number of methoxy groups -OCH3 is 2. The van der Waals surface area contributed by atoms with Gasteiger partial charge in [0.05, 0.1) is 20.3 Å².